The Bertz CT molecular complexity index is 1610. The van der Waals surface area contributed by atoms with Crippen LogP contribution in [0.3, 0.4) is 0 Å². The van der Waals surface area contributed by atoms with Crippen LogP contribution in [-0.4, -0.2) is 70.8 Å². The summed E-state index contributed by atoms with van der Waals surface area (Å²) in [5.74, 6) is 0.963. The predicted molar refractivity (Wildman–Crippen MR) is 157 cm³/mol. The number of benzene rings is 3. The average molecular weight is 538 g/mol. The van der Waals surface area contributed by atoms with Gasteiger partial charge in [-0.3, -0.25) is 9.69 Å². The Morgan fingerprint density at radius 1 is 0.975 bits per heavy atom. The van der Waals surface area contributed by atoms with Crippen molar-refractivity contribution in [1.29, 1.82) is 0 Å². The molecule has 3 aliphatic rings. The summed E-state index contributed by atoms with van der Waals surface area (Å²) in [4.78, 5) is 27.1. The standard InChI is InChI=1S/C32H35N5O3/c1-21-24(27-18-23(38)17-22-7-2-3-8-25(22)27)9-10-26-29(21)34-31(35-30(26)36-14-6-13-33-28(39)19-36)40-20-32-11-4-15-37(32)16-5-12-32/h2-3,7-10,17-18,38H,4-6,11-16,19-20H2,1H3,(H,33,39). The molecule has 4 heterocycles. The maximum absolute atomic E-state index is 12.5. The van der Waals surface area contributed by atoms with Crippen molar-refractivity contribution in [2.45, 2.75) is 44.6 Å². The van der Waals surface area contributed by atoms with Crippen LogP contribution in [0.5, 0.6) is 11.8 Å². The van der Waals surface area contributed by atoms with Crippen molar-refractivity contribution in [3.63, 3.8) is 0 Å². The highest BCUT2D eigenvalue weighted by molar-refractivity contribution is 6.03. The maximum Gasteiger partial charge on any atom is 0.319 e. The summed E-state index contributed by atoms with van der Waals surface area (Å²) in [5.41, 5.74) is 3.83. The zero-order chi connectivity index (χ0) is 27.3. The fourth-order valence-electron chi connectivity index (χ4n) is 7.06. The molecule has 0 atom stereocenters. The molecule has 3 aromatic carbocycles. The van der Waals surface area contributed by atoms with Gasteiger partial charge in [0, 0.05) is 18.5 Å². The molecule has 1 amide bonds. The van der Waals surface area contributed by atoms with Crippen LogP contribution in [0.2, 0.25) is 0 Å². The van der Waals surface area contributed by atoms with Crippen molar-refractivity contribution in [1.82, 2.24) is 20.2 Å². The van der Waals surface area contributed by atoms with Crippen LogP contribution in [0.4, 0.5) is 5.82 Å². The molecule has 8 heteroatoms. The first-order chi connectivity index (χ1) is 19.5. The fourth-order valence-corrected chi connectivity index (χ4v) is 7.06. The molecule has 1 aromatic heterocycles. The Morgan fingerprint density at radius 3 is 2.65 bits per heavy atom. The number of nitrogens with one attached hydrogen (secondary N) is 1. The highest BCUT2D eigenvalue weighted by Gasteiger charge is 2.45. The first-order valence-corrected chi connectivity index (χ1v) is 14.4. The zero-order valence-electron chi connectivity index (χ0n) is 22.9. The molecule has 0 saturated carbocycles. The molecule has 0 bridgehead atoms. The Kier molecular flexibility index (Phi) is 6.23. The average Bonchev–Trinajstić information content (AvgIpc) is 3.46. The van der Waals surface area contributed by atoms with E-state index >= 15 is 0 Å². The van der Waals surface area contributed by atoms with Crippen LogP contribution < -0.4 is 15.0 Å². The number of carbonyl (C=O) groups excluding carboxylic acids is 1. The van der Waals surface area contributed by atoms with Crippen molar-refractivity contribution in [3.8, 4) is 22.9 Å². The molecule has 0 spiro atoms. The van der Waals surface area contributed by atoms with Crippen molar-refractivity contribution < 1.29 is 14.6 Å². The number of hydrogen-bond donors (Lipinski definition) is 2. The van der Waals surface area contributed by atoms with E-state index in [4.69, 9.17) is 14.7 Å². The van der Waals surface area contributed by atoms with E-state index in [2.05, 4.69) is 34.2 Å². The van der Waals surface area contributed by atoms with Crippen LogP contribution in [0.15, 0.2) is 48.5 Å². The van der Waals surface area contributed by atoms with Gasteiger partial charge in [0.05, 0.1) is 17.6 Å². The van der Waals surface area contributed by atoms with Crippen LogP contribution in [0.1, 0.15) is 37.7 Å². The first-order valence-electron chi connectivity index (χ1n) is 14.4. The third kappa shape index (κ3) is 4.31. The summed E-state index contributed by atoms with van der Waals surface area (Å²) in [5, 5.41) is 16.5. The predicted octanol–water partition coefficient (Wildman–Crippen LogP) is 4.80. The number of rotatable bonds is 5. The highest BCUT2D eigenvalue weighted by Crippen LogP contribution is 2.41. The van der Waals surface area contributed by atoms with E-state index in [1.54, 1.807) is 6.07 Å². The van der Waals surface area contributed by atoms with Crippen molar-refractivity contribution >= 4 is 33.4 Å². The quantitative estimate of drug-likeness (QED) is 0.378. The number of nitrogens with zero attached hydrogens (tertiary/aromatic N) is 4. The van der Waals surface area contributed by atoms with Gasteiger partial charge in [-0.1, -0.05) is 30.3 Å². The Labute approximate surface area is 234 Å². The Morgan fingerprint density at radius 2 is 1.80 bits per heavy atom. The number of hydrogen-bond acceptors (Lipinski definition) is 7. The number of ether oxygens (including phenoxy) is 1. The van der Waals surface area contributed by atoms with Gasteiger partial charge in [-0.05, 0) is 97.8 Å². The molecule has 3 fully saturated rings. The first kappa shape index (κ1) is 25.1. The van der Waals surface area contributed by atoms with E-state index < -0.39 is 0 Å². The van der Waals surface area contributed by atoms with Crippen LogP contribution in [0, 0.1) is 6.92 Å². The lowest BCUT2D eigenvalue weighted by Gasteiger charge is -2.31. The molecule has 7 rings (SSSR count). The van der Waals surface area contributed by atoms with Gasteiger partial charge in [-0.15, -0.1) is 0 Å². The smallest absolute Gasteiger partial charge is 0.319 e. The van der Waals surface area contributed by atoms with E-state index in [0.29, 0.717) is 19.2 Å². The van der Waals surface area contributed by atoms with Gasteiger partial charge >= 0.3 is 6.01 Å². The summed E-state index contributed by atoms with van der Waals surface area (Å²) in [7, 11) is 0. The van der Waals surface area contributed by atoms with Crippen LogP contribution >= 0.6 is 0 Å². The molecule has 0 unspecified atom stereocenters. The number of aryl methyl sites for hydroxylation is 1. The number of aromatic nitrogens is 2. The van der Waals surface area contributed by atoms with Gasteiger partial charge in [0.2, 0.25) is 5.91 Å². The lowest BCUT2D eigenvalue weighted by Crippen LogP contribution is -2.43. The number of fused-ring (bicyclic) bond motifs is 3. The molecule has 3 saturated heterocycles. The molecule has 206 valence electrons. The van der Waals surface area contributed by atoms with Crippen molar-refractivity contribution in [2.75, 3.05) is 44.2 Å². The van der Waals surface area contributed by atoms with Crippen molar-refractivity contribution in [2.24, 2.45) is 0 Å². The number of phenolic OH excluding ortho intramolecular Hbond substituents is 1. The maximum atomic E-state index is 12.5. The largest absolute Gasteiger partial charge is 0.508 e. The van der Waals surface area contributed by atoms with E-state index in [1.807, 2.05) is 30.3 Å². The van der Waals surface area contributed by atoms with Crippen LogP contribution in [-0.2, 0) is 4.79 Å². The van der Waals surface area contributed by atoms with Crippen LogP contribution in [0.25, 0.3) is 32.8 Å². The molecule has 0 aliphatic carbocycles. The molecule has 40 heavy (non-hydrogen) atoms. The molecule has 2 N–H and O–H groups in total. The SMILES string of the molecule is Cc1c(-c2cc(O)cc3ccccc23)ccc2c(N3CCCNC(=O)C3)nc(OCC34CCCN3CCC4)nc12. The van der Waals surface area contributed by atoms with Gasteiger partial charge < -0.3 is 20.1 Å². The summed E-state index contributed by atoms with van der Waals surface area (Å²) in [6, 6.07) is 16.2. The summed E-state index contributed by atoms with van der Waals surface area (Å²) in [6.45, 7) is 6.55. The third-order valence-electron chi connectivity index (χ3n) is 9.06. The normalized spacial score (nSPS) is 19.1. The fraction of sp³-hybridized carbons (Fsp3) is 0.406. The number of aromatic hydroxyl groups is 1. The van der Waals surface area contributed by atoms with Gasteiger partial charge in [0.25, 0.3) is 0 Å². The van der Waals surface area contributed by atoms with Gasteiger partial charge in [0.15, 0.2) is 0 Å². The monoisotopic (exact) mass is 537 g/mol. The molecule has 4 aromatic rings. The molecule has 0 radical (unpaired) electrons. The number of phenols is 1. The minimum atomic E-state index is -0.00209. The lowest BCUT2D eigenvalue weighted by molar-refractivity contribution is -0.119. The van der Waals surface area contributed by atoms with E-state index in [-0.39, 0.29) is 23.7 Å². The molecular formula is C32H35N5O3. The van der Waals surface area contributed by atoms with Gasteiger partial charge in [-0.2, -0.15) is 9.97 Å². The molecular weight excluding hydrogens is 502 g/mol. The topological polar surface area (TPSA) is 90.8 Å². The second kappa shape index (κ2) is 9.93. The number of anilines is 1. The van der Waals surface area contributed by atoms with E-state index in [1.165, 1.54) is 12.8 Å². The minimum absolute atomic E-state index is 0.00209. The minimum Gasteiger partial charge on any atom is -0.508 e. The number of carbonyl (C=O) groups is 1. The summed E-state index contributed by atoms with van der Waals surface area (Å²) < 4.78 is 6.45. The zero-order valence-corrected chi connectivity index (χ0v) is 22.9. The third-order valence-corrected chi connectivity index (χ3v) is 9.06. The van der Waals surface area contributed by atoms with Gasteiger partial charge in [-0.25, -0.2) is 0 Å². The Hall–Kier alpha value is -3.91. The lowest BCUT2D eigenvalue weighted by atomic mass is 9.93. The van der Waals surface area contributed by atoms with Crippen molar-refractivity contribution in [3.05, 3.63) is 54.1 Å². The molecule has 8 nitrogen and oxygen atoms in total. The summed E-state index contributed by atoms with van der Waals surface area (Å²) in [6.07, 6.45) is 5.55. The van der Waals surface area contributed by atoms with E-state index in [0.717, 1.165) is 83.1 Å². The second-order valence-electron chi connectivity index (χ2n) is 11.5. The molecule has 3 aliphatic heterocycles. The Balaban J connectivity index is 1.36. The highest BCUT2D eigenvalue weighted by atomic mass is 16.5. The van der Waals surface area contributed by atoms with Gasteiger partial charge in [0.1, 0.15) is 18.2 Å². The summed E-state index contributed by atoms with van der Waals surface area (Å²) >= 11 is 0. The van der Waals surface area contributed by atoms with E-state index in [9.17, 15) is 9.90 Å². The second-order valence-corrected chi connectivity index (χ2v) is 11.5. The number of amides is 1.